The van der Waals surface area contributed by atoms with Crippen molar-refractivity contribution in [3.05, 3.63) is 53.6 Å². The first-order valence-corrected chi connectivity index (χ1v) is 9.47. The van der Waals surface area contributed by atoms with Crippen LogP contribution >= 0.6 is 0 Å². The standard InChI is InChI=1S/C18H20N2O3S/c1-14-4-9-17(24(2,21)22)12-18(14)20-10-3-11-23-16-7-5-15(13-19)6-8-16/h4-9,12,20H,3,10-11H2,1-2H3. The van der Waals surface area contributed by atoms with Gasteiger partial charge in [0.25, 0.3) is 0 Å². The van der Waals surface area contributed by atoms with Crippen LogP contribution in [0.2, 0.25) is 0 Å². The fourth-order valence-corrected chi connectivity index (χ4v) is 2.78. The molecule has 0 aliphatic carbocycles. The van der Waals surface area contributed by atoms with Gasteiger partial charge in [0.1, 0.15) is 5.75 Å². The number of ether oxygens (including phenoxy) is 1. The van der Waals surface area contributed by atoms with E-state index >= 15 is 0 Å². The lowest BCUT2D eigenvalue weighted by atomic mass is 10.2. The number of benzene rings is 2. The second-order valence-corrected chi connectivity index (χ2v) is 7.53. The maximum absolute atomic E-state index is 11.6. The molecule has 0 radical (unpaired) electrons. The third-order valence-electron chi connectivity index (χ3n) is 3.53. The molecule has 0 saturated heterocycles. The summed E-state index contributed by atoms with van der Waals surface area (Å²) in [5.74, 6) is 0.726. The minimum absolute atomic E-state index is 0.310. The van der Waals surface area contributed by atoms with Gasteiger partial charge in [-0.2, -0.15) is 5.26 Å². The second-order valence-electron chi connectivity index (χ2n) is 5.51. The van der Waals surface area contributed by atoms with Crippen LogP contribution in [0.15, 0.2) is 47.4 Å². The quantitative estimate of drug-likeness (QED) is 0.781. The molecule has 0 fully saturated rings. The number of nitrogens with zero attached hydrogens (tertiary/aromatic N) is 1. The van der Waals surface area contributed by atoms with E-state index in [1.807, 2.05) is 6.92 Å². The molecular weight excluding hydrogens is 324 g/mol. The highest BCUT2D eigenvalue weighted by atomic mass is 32.2. The Labute approximate surface area is 142 Å². The molecule has 126 valence electrons. The van der Waals surface area contributed by atoms with Gasteiger partial charge in [-0.1, -0.05) is 6.07 Å². The molecule has 1 N–H and O–H groups in total. The number of nitrogens with one attached hydrogen (secondary N) is 1. The summed E-state index contributed by atoms with van der Waals surface area (Å²) in [7, 11) is -3.21. The lowest BCUT2D eigenvalue weighted by Gasteiger charge is -2.11. The molecule has 0 aliphatic heterocycles. The topological polar surface area (TPSA) is 79.2 Å². The van der Waals surface area contributed by atoms with Crippen molar-refractivity contribution in [1.29, 1.82) is 5.26 Å². The Morgan fingerprint density at radius 3 is 2.50 bits per heavy atom. The summed E-state index contributed by atoms with van der Waals surface area (Å²) in [5, 5.41) is 12.0. The lowest BCUT2D eigenvalue weighted by molar-refractivity contribution is 0.315. The van der Waals surface area contributed by atoms with Gasteiger partial charge in [0, 0.05) is 18.5 Å². The van der Waals surface area contributed by atoms with Crippen LogP contribution in [0.25, 0.3) is 0 Å². The number of anilines is 1. The molecule has 6 heteroatoms. The smallest absolute Gasteiger partial charge is 0.175 e. The fraction of sp³-hybridized carbons (Fsp3) is 0.278. The van der Waals surface area contributed by atoms with Crippen LogP contribution in [0.5, 0.6) is 5.75 Å². The van der Waals surface area contributed by atoms with E-state index in [-0.39, 0.29) is 0 Å². The van der Waals surface area contributed by atoms with Gasteiger partial charge in [-0.05, 0) is 55.3 Å². The van der Waals surface area contributed by atoms with Crippen molar-refractivity contribution < 1.29 is 13.2 Å². The van der Waals surface area contributed by atoms with Gasteiger partial charge in [0.05, 0.1) is 23.1 Å². The fourth-order valence-electron chi connectivity index (χ4n) is 2.13. The molecule has 2 aromatic rings. The molecule has 0 spiro atoms. The summed E-state index contributed by atoms with van der Waals surface area (Å²) in [6.45, 7) is 3.13. The van der Waals surface area contributed by atoms with Gasteiger partial charge in [0.15, 0.2) is 9.84 Å². The van der Waals surface area contributed by atoms with Gasteiger partial charge in [-0.25, -0.2) is 8.42 Å². The van der Waals surface area contributed by atoms with Crippen molar-refractivity contribution in [3.8, 4) is 11.8 Å². The van der Waals surface area contributed by atoms with E-state index < -0.39 is 9.84 Å². The van der Waals surface area contributed by atoms with Gasteiger partial charge >= 0.3 is 0 Å². The summed E-state index contributed by atoms with van der Waals surface area (Å²) in [6, 6.07) is 14.1. The maximum atomic E-state index is 11.6. The first-order chi connectivity index (χ1) is 11.4. The largest absolute Gasteiger partial charge is 0.494 e. The average molecular weight is 344 g/mol. The molecule has 0 aromatic heterocycles. The third kappa shape index (κ3) is 5.00. The molecule has 0 bridgehead atoms. The average Bonchev–Trinajstić information content (AvgIpc) is 2.55. The van der Waals surface area contributed by atoms with Crippen molar-refractivity contribution in [1.82, 2.24) is 0 Å². The zero-order valence-electron chi connectivity index (χ0n) is 13.7. The van der Waals surface area contributed by atoms with E-state index in [1.54, 1.807) is 42.5 Å². The number of sulfone groups is 1. The summed E-state index contributed by atoms with van der Waals surface area (Å²) < 4.78 is 28.8. The first-order valence-electron chi connectivity index (χ1n) is 7.58. The van der Waals surface area contributed by atoms with E-state index in [0.717, 1.165) is 23.4 Å². The van der Waals surface area contributed by atoms with E-state index in [4.69, 9.17) is 10.00 Å². The molecule has 2 rings (SSSR count). The van der Waals surface area contributed by atoms with E-state index in [2.05, 4.69) is 11.4 Å². The number of aryl methyl sites for hydroxylation is 1. The summed E-state index contributed by atoms with van der Waals surface area (Å²) >= 11 is 0. The molecule has 24 heavy (non-hydrogen) atoms. The molecular formula is C18H20N2O3S. The third-order valence-corrected chi connectivity index (χ3v) is 4.64. The van der Waals surface area contributed by atoms with E-state index in [9.17, 15) is 8.42 Å². The molecule has 5 nitrogen and oxygen atoms in total. The van der Waals surface area contributed by atoms with Crippen LogP contribution in [0, 0.1) is 18.3 Å². The van der Waals surface area contributed by atoms with Gasteiger partial charge < -0.3 is 10.1 Å². The van der Waals surface area contributed by atoms with E-state index in [0.29, 0.717) is 23.6 Å². The SMILES string of the molecule is Cc1ccc(S(C)(=O)=O)cc1NCCCOc1ccc(C#N)cc1. The van der Waals surface area contributed by atoms with Crippen molar-refractivity contribution >= 4 is 15.5 Å². The van der Waals surface area contributed by atoms with Crippen LogP contribution in [-0.2, 0) is 9.84 Å². The predicted octanol–water partition coefficient (Wildman–Crippen LogP) is 3.15. The molecule has 0 unspecified atom stereocenters. The number of nitriles is 1. The number of rotatable bonds is 7. The lowest BCUT2D eigenvalue weighted by Crippen LogP contribution is -2.09. The molecule has 0 amide bonds. The Kier molecular flexibility index (Phi) is 5.83. The van der Waals surface area contributed by atoms with Gasteiger partial charge in [0.2, 0.25) is 0 Å². The van der Waals surface area contributed by atoms with Crippen LogP contribution in [-0.4, -0.2) is 27.8 Å². The molecule has 2 aromatic carbocycles. The van der Waals surface area contributed by atoms with Crippen molar-refractivity contribution in [2.24, 2.45) is 0 Å². The predicted molar refractivity (Wildman–Crippen MR) is 94.0 cm³/mol. The Morgan fingerprint density at radius 2 is 1.88 bits per heavy atom. The highest BCUT2D eigenvalue weighted by Crippen LogP contribution is 2.20. The zero-order valence-corrected chi connectivity index (χ0v) is 14.6. The minimum atomic E-state index is -3.21. The van der Waals surface area contributed by atoms with Crippen LogP contribution in [0.3, 0.4) is 0 Å². The highest BCUT2D eigenvalue weighted by molar-refractivity contribution is 7.90. The van der Waals surface area contributed by atoms with E-state index in [1.165, 1.54) is 6.26 Å². The molecule has 0 aliphatic rings. The van der Waals surface area contributed by atoms with Crippen LogP contribution in [0.4, 0.5) is 5.69 Å². The number of hydrogen-bond acceptors (Lipinski definition) is 5. The second kappa shape index (κ2) is 7.84. The van der Waals surface area contributed by atoms with Crippen molar-refractivity contribution in [2.45, 2.75) is 18.2 Å². The Hall–Kier alpha value is -2.52. The summed E-state index contributed by atoms with van der Waals surface area (Å²) in [5.41, 5.74) is 2.41. The van der Waals surface area contributed by atoms with Gasteiger partial charge in [-0.3, -0.25) is 0 Å². The monoisotopic (exact) mass is 344 g/mol. The highest BCUT2D eigenvalue weighted by Gasteiger charge is 2.09. The molecule has 0 heterocycles. The Morgan fingerprint density at radius 1 is 1.17 bits per heavy atom. The Bertz CT molecular complexity index is 838. The first kappa shape index (κ1) is 17.8. The summed E-state index contributed by atoms with van der Waals surface area (Å²) in [6.07, 6.45) is 1.97. The molecule has 0 saturated carbocycles. The zero-order chi connectivity index (χ0) is 17.6. The van der Waals surface area contributed by atoms with Crippen molar-refractivity contribution in [3.63, 3.8) is 0 Å². The number of hydrogen-bond donors (Lipinski definition) is 1. The van der Waals surface area contributed by atoms with Crippen LogP contribution in [0.1, 0.15) is 17.5 Å². The van der Waals surface area contributed by atoms with Gasteiger partial charge in [-0.15, -0.1) is 0 Å². The maximum Gasteiger partial charge on any atom is 0.175 e. The van der Waals surface area contributed by atoms with Crippen molar-refractivity contribution in [2.75, 3.05) is 24.7 Å². The minimum Gasteiger partial charge on any atom is -0.494 e. The normalized spacial score (nSPS) is 10.9. The Balaban J connectivity index is 1.83. The summed E-state index contributed by atoms with van der Waals surface area (Å²) in [4.78, 5) is 0.310. The van der Waals surface area contributed by atoms with Crippen LogP contribution < -0.4 is 10.1 Å². The molecule has 0 atom stereocenters.